The molecule has 4 atom stereocenters. The Morgan fingerprint density at radius 3 is 2.07 bits per heavy atom. The van der Waals surface area contributed by atoms with Crippen LogP contribution in [0.25, 0.3) is 0 Å². The summed E-state index contributed by atoms with van der Waals surface area (Å²) in [4.78, 5) is 13.7. The lowest BCUT2D eigenvalue weighted by molar-refractivity contribution is -0.196. The summed E-state index contributed by atoms with van der Waals surface area (Å²) in [5.41, 5.74) is 0. The van der Waals surface area contributed by atoms with E-state index in [2.05, 4.69) is 81.4 Å². The Labute approximate surface area is 266 Å². The number of carbonyl (C=O) groups excluding carboxylic acids is 1. The van der Waals surface area contributed by atoms with Crippen molar-refractivity contribution in [3.63, 3.8) is 0 Å². The predicted molar refractivity (Wildman–Crippen MR) is 179 cm³/mol. The monoisotopic (exact) mass is 636 g/mol. The first-order valence-electron chi connectivity index (χ1n) is 14.6. The van der Waals surface area contributed by atoms with Crippen LogP contribution in [0.15, 0.2) is 120 Å². The molecule has 0 radical (unpaired) electrons. The van der Waals surface area contributed by atoms with Crippen LogP contribution in [0.2, 0.25) is 5.04 Å². The summed E-state index contributed by atoms with van der Waals surface area (Å²) >= 11 is 7.60. The van der Waals surface area contributed by atoms with Gasteiger partial charge in [-0.05, 0) is 46.6 Å². The SMILES string of the molecule is CCO[C@@H]1C=C[C@H](O[Si](c2ccccc2)(c2ccccc2)C(C)(C)C)[C@@H]([C@H](/C=C/CSc2ccccc2)OC(=O)CCl)O1. The van der Waals surface area contributed by atoms with E-state index < -0.39 is 38.9 Å². The topological polar surface area (TPSA) is 54.0 Å². The summed E-state index contributed by atoms with van der Waals surface area (Å²) < 4.78 is 25.7. The molecule has 228 valence electrons. The number of thioether (sulfide) groups is 1. The first-order valence-corrected chi connectivity index (χ1v) is 18.1. The number of rotatable bonds is 13. The van der Waals surface area contributed by atoms with Gasteiger partial charge in [0, 0.05) is 17.3 Å². The minimum absolute atomic E-state index is 0.255. The summed E-state index contributed by atoms with van der Waals surface area (Å²) in [6.45, 7) is 9.09. The highest BCUT2D eigenvalue weighted by Gasteiger charge is 2.53. The molecule has 43 heavy (non-hydrogen) atoms. The van der Waals surface area contributed by atoms with Gasteiger partial charge >= 0.3 is 5.97 Å². The molecule has 0 spiro atoms. The highest BCUT2D eigenvalue weighted by molar-refractivity contribution is 7.99. The van der Waals surface area contributed by atoms with Gasteiger partial charge in [0.1, 0.15) is 18.1 Å². The summed E-state index contributed by atoms with van der Waals surface area (Å²) in [5.74, 6) is -0.0976. The molecule has 3 aromatic rings. The second-order valence-electron chi connectivity index (χ2n) is 11.2. The van der Waals surface area contributed by atoms with E-state index >= 15 is 0 Å². The molecule has 3 aromatic carbocycles. The average molecular weight is 637 g/mol. The van der Waals surface area contributed by atoms with Gasteiger partial charge < -0.3 is 18.6 Å². The van der Waals surface area contributed by atoms with E-state index in [0.717, 1.165) is 15.3 Å². The van der Waals surface area contributed by atoms with Crippen LogP contribution in [0.4, 0.5) is 0 Å². The molecular weight excluding hydrogens is 596 g/mol. The Balaban J connectivity index is 1.75. The zero-order chi connectivity index (χ0) is 30.7. The standard InChI is InChI=1S/C35H41ClO5SSi/c1-5-38-33-24-23-31(34(40-33)30(39-32(37)26-36)22-15-25-42-27-16-9-6-10-17-27)41-43(35(2,3)4,28-18-11-7-12-19-28)29-20-13-8-14-21-29/h6-24,30-31,33-34H,5,25-26H2,1-4H3/b22-15+/t30-,31-,33-,34+/m0/s1. The minimum atomic E-state index is -2.96. The lowest BCUT2D eigenvalue weighted by atomic mass is 10.0. The van der Waals surface area contributed by atoms with Crippen molar-refractivity contribution in [2.75, 3.05) is 18.2 Å². The molecule has 0 aromatic heterocycles. The third-order valence-corrected chi connectivity index (χ3v) is 13.5. The molecule has 0 bridgehead atoms. The second kappa shape index (κ2) is 15.9. The van der Waals surface area contributed by atoms with Crippen molar-refractivity contribution in [1.82, 2.24) is 0 Å². The number of alkyl halides is 1. The maximum absolute atomic E-state index is 12.6. The lowest BCUT2D eigenvalue weighted by Crippen LogP contribution is -2.69. The van der Waals surface area contributed by atoms with Crippen molar-refractivity contribution < 1.29 is 23.4 Å². The van der Waals surface area contributed by atoms with E-state index in [0.29, 0.717) is 12.4 Å². The zero-order valence-electron chi connectivity index (χ0n) is 25.2. The highest BCUT2D eigenvalue weighted by atomic mass is 35.5. The molecule has 4 rings (SSSR count). The van der Waals surface area contributed by atoms with Crippen LogP contribution in [0.5, 0.6) is 0 Å². The van der Waals surface area contributed by atoms with Crippen LogP contribution in [-0.2, 0) is 23.4 Å². The summed E-state index contributed by atoms with van der Waals surface area (Å²) in [5, 5.41) is 2.05. The third kappa shape index (κ3) is 8.50. The first kappa shape index (κ1) is 33.2. The lowest BCUT2D eigenvalue weighted by Gasteiger charge is -2.47. The van der Waals surface area contributed by atoms with Crippen LogP contribution in [-0.4, -0.2) is 57.1 Å². The van der Waals surface area contributed by atoms with E-state index in [9.17, 15) is 4.79 Å². The number of hydrogen-bond acceptors (Lipinski definition) is 6. The average Bonchev–Trinajstić information content (AvgIpc) is 3.02. The van der Waals surface area contributed by atoms with Crippen molar-refractivity contribution in [2.24, 2.45) is 0 Å². The molecule has 0 fully saturated rings. The molecule has 1 aliphatic rings. The normalized spacial score (nSPS) is 19.8. The zero-order valence-corrected chi connectivity index (χ0v) is 27.8. The van der Waals surface area contributed by atoms with Gasteiger partial charge in [-0.15, -0.1) is 23.4 Å². The third-order valence-electron chi connectivity index (χ3n) is 7.25. The Morgan fingerprint density at radius 1 is 0.953 bits per heavy atom. The van der Waals surface area contributed by atoms with E-state index in [-0.39, 0.29) is 10.9 Å². The van der Waals surface area contributed by atoms with E-state index in [4.69, 9.17) is 30.2 Å². The number of esters is 1. The fraction of sp³-hybridized carbons (Fsp3) is 0.343. The molecule has 1 heterocycles. The van der Waals surface area contributed by atoms with Crippen LogP contribution < -0.4 is 10.4 Å². The molecule has 0 aliphatic carbocycles. The maximum Gasteiger partial charge on any atom is 0.321 e. The molecule has 0 unspecified atom stereocenters. The van der Waals surface area contributed by atoms with E-state index in [1.807, 2.05) is 61.6 Å². The molecule has 0 saturated heterocycles. The van der Waals surface area contributed by atoms with Crippen molar-refractivity contribution in [1.29, 1.82) is 0 Å². The quantitative estimate of drug-likeness (QED) is 0.0680. The Hall–Kier alpha value is -2.65. The Kier molecular flexibility index (Phi) is 12.3. The summed E-state index contributed by atoms with van der Waals surface area (Å²) in [6.07, 6.45) is 5.21. The van der Waals surface area contributed by atoms with E-state index in [1.165, 1.54) is 0 Å². The van der Waals surface area contributed by atoms with Crippen LogP contribution in [0, 0.1) is 0 Å². The van der Waals surface area contributed by atoms with Gasteiger partial charge in [0.15, 0.2) is 6.29 Å². The molecule has 0 N–H and O–H groups in total. The van der Waals surface area contributed by atoms with Crippen molar-refractivity contribution in [2.45, 2.75) is 62.2 Å². The smallest absolute Gasteiger partial charge is 0.321 e. The Morgan fingerprint density at radius 2 is 1.53 bits per heavy atom. The number of benzene rings is 3. The highest BCUT2D eigenvalue weighted by Crippen LogP contribution is 2.39. The van der Waals surface area contributed by atoms with Crippen LogP contribution in [0.3, 0.4) is 0 Å². The summed E-state index contributed by atoms with van der Waals surface area (Å²) in [6, 6.07) is 31.1. The van der Waals surface area contributed by atoms with Crippen molar-refractivity contribution >= 4 is 48.0 Å². The van der Waals surface area contributed by atoms with Gasteiger partial charge in [-0.2, -0.15) is 0 Å². The number of ether oxygens (including phenoxy) is 3. The van der Waals surface area contributed by atoms with Gasteiger partial charge in [-0.1, -0.05) is 112 Å². The fourth-order valence-electron chi connectivity index (χ4n) is 5.36. The first-order chi connectivity index (χ1) is 20.8. The van der Waals surface area contributed by atoms with Gasteiger partial charge in [0.25, 0.3) is 8.32 Å². The number of hydrogen-bond donors (Lipinski definition) is 0. The predicted octanol–water partition coefficient (Wildman–Crippen LogP) is 6.75. The molecular formula is C35H41ClO5SSi. The van der Waals surface area contributed by atoms with Gasteiger partial charge in [-0.3, -0.25) is 4.79 Å². The molecule has 0 saturated carbocycles. The fourth-order valence-corrected chi connectivity index (χ4v) is 10.8. The largest absolute Gasteiger partial charge is 0.454 e. The minimum Gasteiger partial charge on any atom is -0.454 e. The van der Waals surface area contributed by atoms with Crippen molar-refractivity contribution in [3.05, 3.63) is 115 Å². The Bertz CT molecular complexity index is 1290. The summed E-state index contributed by atoms with van der Waals surface area (Å²) in [7, 11) is -2.96. The number of halogens is 1. The second-order valence-corrected chi connectivity index (χ2v) is 16.8. The van der Waals surface area contributed by atoms with Crippen molar-refractivity contribution in [3.8, 4) is 0 Å². The van der Waals surface area contributed by atoms with Gasteiger partial charge in [-0.25, -0.2) is 0 Å². The molecule has 5 nitrogen and oxygen atoms in total. The van der Waals surface area contributed by atoms with Gasteiger partial charge in [0.05, 0.1) is 6.10 Å². The van der Waals surface area contributed by atoms with Crippen LogP contribution >= 0.6 is 23.4 Å². The molecule has 1 aliphatic heterocycles. The number of carbonyl (C=O) groups is 1. The van der Waals surface area contributed by atoms with Gasteiger partial charge in [0.2, 0.25) is 0 Å². The maximum atomic E-state index is 12.6. The van der Waals surface area contributed by atoms with Crippen LogP contribution in [0.1, 0.15) is 27.7 Å². The van der Waals surface area contributed by atoms with E-state index in [1.54, 1.807) is 11.8 Å². The molecule has 0 amide bonds. The molecule has 8 heteroatoms.